The predicted octanol–water partition coefficient (Wildman–Crippen LogP) is 3.96. The van der Waals surface area contributed by atoms with Crippen LogP contribution >= 0.6 is 0 Å². The molecule has 0 bridgehead atoms. The first-order valence-electron chi connectivity index (χ1n) is 9.32. The van der Waals surface area contributed by atoms with E-state index in [1.807, 2.05) is 0 Å². The number of ether oxygens (including phenoxy) is 1. The molecule has 0 radical (unpaired) electrons. The molecule has 0 spiro atoms. The molecule has 1 fully saturated rings. The van der Waals surface area contributed by atoms with Crippen LogP contribution in [0.3, 0.4) is 0 Å². The van der Waals surface area contributed by atoms with Crippen LogP contribution in [0.5, 0.6) is 5.75 Å². The summed E-state index contributed by atoms with van der Waals surface area (Å²) in [7, 11) is 1.73. The Labute approximate surface area is 151 Å². The minimum Gasteiger partial charge on any atom is -0.496 e. The van der Waals surface area contributed by atoms with Gasteiger partial charge in [0.05, 0.1) is 7.11 Å². The minimum atomic E-state index is 0.448. The number of rotatable bonds is 6. The highest BCUT2D eigenvalue weighted by Gasteiger charge is 2.27. The third-order valence-electron chi connectivity index (χ3n) is 5.55. The van der Waals surface area contributed by atoms with Crippen LogP contribution < -0.4 is 10.5 Å². The van der Waals surface area contributed by atoms with Crippen LogP contribution in [0.15, 0.2) is 48.5 Å². The Morgan fingerprint density at radius 2 is 1.84 bits per heavy atom. The maximum atomic E-state index is 6.17. The maximum absolute atomic E-state index is 6.17. The van der Waals surface area contributed by atoms with Gasteiger partial charge in [0.15, 0.2) is 0 Å². The fourth-order valence-electron chi connectivity index (χ4n) is 4.09. The Balaban J connectivity index is 1.61. The Bertz CT molecular complexity index is 663. The van der Waals surface area contributed by atoms with Crippen molar-refractivity contribution in [1.82, 2.24) is 4.90 Å². The lowest BCUT2D eigenvalue weighted by molar-refractivity contribution is 0.162. The van der Waals surface area contributed by atoms with Gasteiger partial charge in [-0.3, -0.25) is 4.90 Å². The van der Waals surface area contributed by atoms with E-state index in [-0.39, 0.29) is 0 Å². The van der Waals surface area contributed by atoms with Crippen molar-refractivity contribution in [2.45, 2.75) is 32.2 Å². The summed E-state index contributed by atoms with van der Waals surface area (Å²) in [6.07, 6.45) is 2.44. The number of piperidine rings is 1. The first-order valence-corrected chi connectivity index (χ1v) is 9.32. The molecule has 0 aromatic heterocycles. The van der Waals surface area contributed by atoms with E-state index in [1.54, 1.807) is 7.11 Å². The first-order chi connectivity index (χ1) is 12.2. The van der Waals surface area contributed by atoms with Gasteiger partial charge in [-0.15, -0.1) is 0 Å². The summed E-state index contributed by atoms with van der Waals surface area (Å²) in [5, 5.41) is 0. The molecule has 1 aliphatic rings. The highest BCUT2D eigenvalue weighted by atomic mass is 16.5. The van der Waals surface area contributed by atoms with Crippen LogP contribution in [-0.4, -0.2) is 31.6 Å². The number of benzene rings is 2. The lowest BCUT2D eigenvalue weighted by atomic mass is 9.79. The minimum absolute atomic E-state index is 0.448. The van der Waals surface area contributed by atoms with Gasteiger partial charge in [0, 0.05) is 6.54 Å². The lowest BCUT2D eigenvalue weighted by Crippen LogP contribution is -2.36. The number of likely N-dealkylation sites (tertiary alicyclic amines) is 1. The van der Waals surface area contributed by atoms with Crippen LogP contribution in [0.4, 0.5) is 0 Å². The van der Waals surface area contributed by atoms with Crippen molar-refractivity contribution >= 4 is 0 Å². The highest BCUT2D eigenvalue weighted by molar-refractivity contribution is 5.38. The molecule has 3 nitrogen and oxygen atoms in total. The highest BCUT2D eigenvalue weighted by Crippen LogP contribution is 2.34. The number of nitrogens with zero attached hydrogens (tertiary/aromatic N) is 1. The third-order valence-corrected chi connectivity index (χ3v) is 5.55. The molecule has 1 atom stereocenters. The quantitative estimate of drug-likeness (QED) is 0.866. The van der Waals surface area contributed by atoms with Crippen molar-refractivity contribution in [3.63, 3.8) is 0 Å². The second kappa shape index (κ2) is 8.50. The molecule has 1 aliphatic heterocycles. The monoisotopic (exact) mass is 338 g/mol. The molecule has 1 saturated heterocycles. The average Bonchev–Trinajstić information content (AvgIpc) is 2.65. The van der Waals surface area contributed by atoms with E-state index in [2.05, 4.69) is 60.4 Å². The molecule has 0 amide bonds. The zero-order valence-electron chi connectivity index (χ0n) is 15.4. The number of hydrogen-bond acceptors (Lipinski definition) is 3. The summed E-state index contributed by atoms with van der Waals surface area (Å²) in [5.74, 6) is 2.07. The summed E-state index contributed by atoms with van der Waals surface area (Å²) in [6.45, 7) is 6.20. The van der Waals surface area contributed by atoms with Gasteiger partial charge in [0.2, 0.25) is 0 Å². The zero-order chi connectivity index (χ0) is 17.6. The van der Waals surface area contributed by atoms with Gasteiger partial charge in [-0.05, 0) is 74.0 Å². The third kappa shape index (κ3) is 4.42. The molecule has 1 unspecified atom stereocenters. The van der Waals surface area contributed by atoms with Crippen LogP contribution in [0.2, 0.25) is 0 Å². The van der Waals surface area contributed by atoms with Gasteiger partial charge in [0.1, 0.15) is 5.75 Å². The Kier molecular flexibility index (Phi) is 6.11. The fourth-order valence-corrected chi connectivity index (χ4v) is 4.09. The van der Waals surface area contributed by atoms with Crippen molar-refractivity contribution in [3.8, 4) is 5.75 Å². The first kappa shape index (κ1) is 18.0. The molecule has 2 aromatic carbocycles. The van der Waals surface area contributed by atoms with E-state index in [0.717, 1.165) is 31.9 Å². The van der Waals surface area contributed by atoms with Gasteiger partial charge < -0.3 is 10.5 Å². The van der Waals surface area contributed by atoms with Gasteiger partial charge >= 0.3 is 0 Å². The summed E-state index contributed by atoms with van der Waals surface area (Å²) >= 11 is 0. The molecule has 0 saturated carbocycles. The molecular weight excluding hydrogens is 308 g/mol. The van der Waals surface area contributed by atoms with Crippen molar-refractivity contribution in [2.75, 3.05) is 26.7 Å². The van der Waals surface area contributed by atoms with Crippen molar-refractivity contribution in [3.05, 3.63) is 65.2 Å². The van der Waals surface area contributed by atoms with Crippen LogP contribution in [0.25, 0.3) is 0 Å². The van der Waals surface area contributed by atoms with E-state index < -0.39 is 0 Å². The molecule has 25 heavy (non-hydrogen) atoms. The Morgan fingerprint density at radius 1 is 1.12 bits per heavy atom. The predicted molar refractivity (Wildman–Crippen MR) is 104 cm³/mol. The van der Waals surface area contributed by atoms with Gasteiger partial charge in [-0.2, -0.15) is 0 Å². The second-order valence-electron chi connectivity index (χ2n) is 7.17. The summed E-state index contributed by atoms with van der Waals surface area (Å²) < 4.78 is 5.39. The van der Waals surface area contributed by atoms with E-state index >= 15 is 0 Å². The fraction of sp³-hybridized carbons (Fsp3) is 0.455. The number of nitrogens with two attached hydrogens (primary N) is 1. The maximum Gasteiger partial charge on any atom is 0.121 e. The Morgan fingerprint density at radius 3 is 2.44 bits per heavy atom. The van der Waals surface area contributed by atoms with Gasteiger partial charge in [-0.1, -0.05) is 42.5 Å². The van der Waals surface area contributed by atoms with Crippen molar-refractivity contribution in [1.29, 1.82) is 0 Å². The number of methoxy groups -OCH3 is 1. The number of hydrogen-bond donors (Lipinski definition) is 1. The molecular formula is C22H30N2O. The molecule has 0 aliphatic carbocycles. The lowest BCUT2D eigenvalue weighted by Gasteiger charge is -2.36. The van der Waals surface area contributed by atoms with Crippen molar-refractivity contribution < 1.29 is 4.74 Å². The Hall–Kier alpha value is -1.84. The van der Waals surface area contributed by atoms with Crippen LogP contribution in [0, 0.1) is 12.8 Å². The van der Waals surface area contributed by atoms with Gasteiger partial charge in [0.25, 0.3) is 0 Å². The van der Waals surface area contributed by atoms with E-state index in [9.17, 15) is 0 Å². The average molecular weight is 338 g/mol. The molecule has 1 heterocycles. The van der Waals surface area contributed by atoms with Gasteiger partial charge in [-0.25, -0.2) is 0 Å². The molecule has 2 N–H and O–H groups in total. The standard InChI is InChI=1S/C22H30N2O/c1-17-14-20(8-9-22(17)25-2)21(15-23)19-10-12-24(13-11-19)16-18-6-4-3-5-7-18/h3-9,14,19,21H,10-13,15-16,23H2,1-2H3. The summed E-state index contributed by atoms with van der Waals surface area (Å²) in [4.78, 5) is 2.57. The van der Waals surface area contributed by atoms with Crippen LogP contribution in [-0.2, 0) is 6.54 Å². The molecule has 3 heteroatoms. The topological polar surface area (TPSA) is 38.5 Å². The zero-order valence-corrected chi connectivity index (χ0v) is 15.4. The van der Waals surface area contributed by atoms with E-state index in [1.165, 1.54) is 29.5 Å². The van der Waals surface area contributed by atoms with E-state index in [4.69, 9.17) is 10.5 Å². The second-order valence-corrected chi connectivity index (χ2v) is 7.17. The molecule has 2 aromatic rings. The summed E-state index contributed by atoms with van der Waals surface area (Å²) in [6, 6.07) is 17.3. The molecule has 134 valence electrons. The molecule has 3 rings (SSSR count). The van der Waals surface area contributed by atoms with Crippen molar-refractivity contribution in [2.24, 2.45) is 11.7 Å². The normalized spacial score (nSPS) is 17.4. The van der Waals surface area contributed by atoms with Crippen LogP contribution in [0.1, 0.15) is 35.4 Å². The summed E-state index contributed by atoms with van der Waals surface area (Å²) in [5.41, 5.74) is 10.1. The SMILES string of the molecule is COc1ccc(C(CN)C2CCN(Cc3ccccc3)CC2)cc1C. The smallest absolute Gasteiger partial charge is 0.121 e. The number of aryl methyl sites for hydroxylation is 1. The largest absolute Gasteiger partial charge is 0.496 e. The van der Waals surface area contributed by atoms with E-state index in [0.29, 0.717) is 11.8 Å².